The Labute approximate surface area is 217 Å². The number of rotatable bonds is 3. The molecular formula is C26H37N5O6. The Morgan fingerprint density at radius 1 is 1.03 bits per heavy atom. The Bertz CT molecular complexity index is 1040. The summed E-state index contributed by atoms with van der Waals surface area (Å²) in [5.74, 6) is 0.133. The van der Waals surface area contributed by atoms with Crippen molar-refractivity contribution >= 4 is 23.9 Å². The maximum absolute atomic E-state index is 13.8. The third kappa shape index (κ3) is 6.08. The van der Waals surface area contributed by atoms with E-state index in [1.54, 1.807) is 25.7 Å². The van der Waals surface area contributed by atoms with Crippen molar-refractivity contribution in [2.75, 3.05) is 26.7 Å². The topological polar surface area (TPSA) is 129 Å². The molecule has 5 amide bonds. The number of carbonyl (C=O) groups excluding carboxylic acids is 4. The minimum atomic E-state index is -1.05. The first-order chi connectivity index (χ1) is 17.6. The van der Waals surface area contributed by atoms with Gasteiger partial charge in [-0.3, -0.25) is 9.59 Å². The van der Waals surface area contributed by atoms with Crippen molar-refractivity contribution in [1.82, 2.24) is 25.8 Å². The van der Waals surface area contributed by atoms with E-state index < -0.39 is 29.7 Å². The Balaban J connectivity index is 1.54. The Morgan fingerprint density at radius 3 is 2.51 bits per heavy atom. The molecule has 2 fully saturated rings. The molecule has 11 heteroatoms. The van der Waals surface area contributed by atoms with Crippen LogP contribution < -0.4 is 20.7 Å². The van der Waals surface area contributed by atoms with E-state index in [0.717, 1.165) is 11.3 Å². The lowest BCUT2D eigenvalue weighted by Gasteiger charge is -2.39. The molecule has 4 atom stereocenters. The van der Waals surface area contributed by atoms with Crippen LogP contribution in [0.4, 0.5) is 9.59 Å². The fourth-order valence-electron chi connectivity index (χ4n) is 5.29. The number of alkyl carbamates (subject to hydrolysis) is 1. The van der Waals surface area contributed by atoms with Crippen molar-refractivity contribution in [2.45, 2.75) is 76.2 Å². The molecule has 0 bridgehead atoms. The highest BCUT2D eigenvalue weighted by molar-refractivity contribution is 5.93. The molecule has 37 heavy (non-hydrogen) atoms. The van der Waals surface area contributed by atoms with Crippen LogP contribution >= 0.6 is 0 Å². The van der Waals surface area contributed by atoms with Crippen LogP contribution in [0.3, 0.4) is 0 Å². The Kier molecular flexibility index (Phi) is 7.79. The first-order valence-corrected chi connectivity index (χ1v) is 12.9. The van der Waals surface area contributed by atoms with E-state index in [2.05, 4.69) is 16.0 Å². The summed E-state index contributed by atoms with van der Waals surface area (Å²) in [5.41, 5.74) is 0.162. The molecule has 3 aliphatic heterocycles. The number of hydrogen-bond acceptors (Lipinski definition) is 6. The van der Waals surface area contributed by atoms with E-state index in [9.17, 15) is 19.2 Å². The average molecular weight is 516 g/mol. The van der Waals surface area contributed by atoms with Crippen LogP contribution in [0, 0.1) is 0 Å². The lowest BCUT2D eigenvalue weighted by molar-refractivity contribution is -0.143. The molecule has 2 saturated heterocycles. The van der Waals surface area contributed by atoms with Gasteiger partial charge in [0.25, 0.3) is 0 Å². The fourth-order valence-corrected chi connectivity index (χ4v) is 5.29. The van der Waals surface area contributed by atoms with Gasteiger partial charge in [0.15, 0.2) is 0 Å². The van der Waals surface area contributed by atoms with Gasteiger partial charge in [-0.25, -0.2) is 9.59 Å². The van der Waals surface area contributed by atoms with Crippen LogP contribution in [0.25, 0.3) is 0 Å². The van der Waals surface area contributed by atoms with Gasteiger partial charge in [-0.2, -0.15) is 0 Å². The second kappa shape index (κ2) is 10.9. The zero-order valence-corrected chi connectivity index (χ0v) is 21.9. The molecule has 1 aromatic rings. The van der Waals surface area contributed by atoms with Crippen LogP contribution in [-0.4, -0.2) is 84.2 Å². The number of hydrogen-bond donors (Lipinski definition) is 3. The number of nitrogens with zero attached hydrogens (tertiary/aromatic N) is 2. The standard InChI is InChI=1S/C26H37N5O6/c1-26(2,3)37-25(35)29-19-15-30(24(34)27-4)13-11-16-9-10-20(31(16)23(19)33)22(32)28-18-12-14-36-21-8-6-5-7-17(18)21/h5-8,16,18-20H,9-15H2,1-4H3,(H,27,34)(H,28,32)(H,29,35)/t16-,18-,19+,20+/m1/s1. The maximum Gasteiger partial charge on any atom is 0.408 e. The molecule has 0 spiro atoms. The van der Waals surface area contributed by atoms with Crippen molar-refractivity contribution in [3.8, 4) is 5.75 Å². The zero-order valence-electron chi connectivity index (χ0n) is 21.9. The highest BCUT2D eigenvalue weighted by atomic mass is 16.6. The van der Waals surface area contributed by atoms with Crippen molar-refractivity contribution < 1.29 is 28.7 Å². The van der Waals surface area contributed by atoms with E-state index in [1.165, 1.54) is 11.9 Å². The van der Waals surface area contributed by atoms with Gasteiger partial charge in [-0.15, -0.1) is 0 Å². The molecule has 202 valence electrons. The van der Waals surface area contributed by atoms with Gasteiger partial charge in [-0.05, 0) is 46.1 Å². The van der Waals surface area contributed by atoms with Gasteiger partial charge in [0, 0.05) is 31.6 Å². The summed E-state index contributed by atoms with van der Waals surface area (Å²) in [6, 6.07) is 5.14. The zero-order chi connectivity index (χ0) is 26.7. The second-order valence-electron chi connectivity index (χ2n) is 10.7. The molecule has 3 N–H and O–H groups in total. The predicted octanol–water partition coefficient (Wildman–Crippen LogP) is 1.92. The molecule has 1 aromatic carbocycles. The van der Waals surface area contributed by atoms with Gasteiger partial charge >= 0.3 is 12.1 Å². The molecule has 4 rings (SSSR count). The van der Waals surface area contributed by atoms with E-state index in [-0.39, 0.29) is 30.6 Å². The monoisotopic (exact) mass is 515 g/mol. The van der Waals surface area contributed by atoms with Crippen LogP contribution in [0.2, 0.25) is 0 Å². The van der Waals surface area contributed by atoms with Crippen molar-refractivity contribution in [3.63, 3.8) is 0 Å². The quantitative estimate of drug-likeness (QED) is 0.564. The second-order valence-corrected chi connectivity index (χ2v) is 10.7. The fraction of sp³-hybridized carbons (Fsp3) is 0.615. The third-order valence-corrected chi connectivity index (χ3v) is 6.96. The van der Waals surface area contributed by atoms with Crippen LogP contribution in [0.5, 0.6) is 5.75 Å². The summed E-state index contributed by atoms with van der Waals surface area (Å²) < 4.78 is 11.1. The van der Waals surface area contributed by atoms with E-state index in [4.69, 9.17) is 9.47 Å². The van der Waals surface area contributed by atoms with Crippen LogP contribution in [-0.2, 0) is 14.3 Å². The third-order valence-electron chi connectivity index (χ3n) is 6.96. The van der Waals surface area contributed by atoms with Gasteiger partial charge < -0.3 is 35.2 Å². The number of fused-ring (bicyclic) bond motifs is 2. The molecular weight excluding hydrogens is 478 g/mol. The first-order valence-electron chi connectivity index (χ1n) is 12.9. The number of carbonyl (C=O) groups is 4. The normalized spacial score (nSPS) is 25.6. The largest absolute Gasteiger partial charge is 0.493 e. The van der Waals surface area contributed by atoms with Gasteiger partial charge in [0.2, 0.25) is 11.8 Å². The van der Waals surface area contributed by atoms with Crippen molar-refractivity contribution in [3.05, 3.63) is 29.8 Å². The summed E-state index contributed by atoms with van der Waals surface area (Å²) in [5, 5.41) is 8.37. The number of amides is 5. The number of ether oxygens (including phenoxy) is 2. The predicted molar refractivity (Wildman–Crippen MR) is 135 cm³/mol. The summed E-state index contributed by atoms with van der Waals surface area (Å²) in [7, 11) is 1.52. The Morgan fingerprint density at radius 2 is 1.78 bits per heavy atom. The Hall–Kier alpha value is -3.50. The lowest BCUT2D eigenvalue weighted by atomic mass is 10.00. The van der Waals surface area contributed by atoms with Gasteiger partial charge in [0.1, 0.15) is 23.4 Å². The smallest absolute Gasteiger partial charge is 0.408 e. The molecule has 0 saturated carbocycles. The number of urea groups is 1. The SMILES string of the molecule is CNC(=O)N1CC[C@H]2CC[C@@H](C(=O)N[C@@H]3CCOc4ccccc43)N2C(=O)[C@@H](NC(=O)OC(C)(C)C)C1. The highest BCUT2D eigenvalue weighted by Crippen LogP contribution is 2.34. The number of nitrogens with one attached hydrogen (secondary N) is 3. The summed E-state index contributed by atoms with van der Waals surface area (Å²) in [6.45, 7) is 6.05. The minimum absolute atomic E-state index is 0.0252. The lowest BCUT2D eigenvalue weighted by Crippen LogP contribution is -2.62. The van der Waals surface area contributed by atoms with Crippen LogP contribution in [0.15, 0.2) is 24.3 Å². The molecule has 0 aliphatic carbocycles. The molecule has 3 heterocycles. The molecule has 3 aliphatic rings. The number of benzene rings is 1. The minimum Gasteiger partial charge on any atom is -0.493 e. The van der Waals surface area contributed by atoms with Crippen LogP contribution in [0.1, 0.15) is 58.1 Å². The molecule has 0 radical (unpaired) electrons. The molecule has 11 nitrogen and oxygen atoms in total. The van der Waals surface area contributed by atoms with Crippen molar-refractivity contribution in [2.24, 2.45) is 0 Å². The first kappa shape index (κ1) is 26.6. The summed E-state index contributed by atoms with van der Waals surface area (Å²) in [6.07, 6.45) is 1.57. The van der Waals surface area contributed by atoms with E-state index in [1.807, 2.05) is 24.3 Å². The van der Waals surface area contributed by atoms with Crippen molar-refractivity contribution in [1.29, 1.82) is 0 Å². The average Bonchev–Trinajstić information content (AvgIpc) is 3.26. The van der Waals surface area contributed by atoms with Gasteiger partial charge in [-0.1, -0.05) is 18.2 Å². The number of para-hydroxylation sites is 1. The molecule has 0 aromatic heterocycles. The van der Waals surface area contributed by atoms with E-state index >= 15 is 0 Å². The highest BCUT2D eigenvalue weighted by Gasteiger charge is 2.46. The summed E-state index contributed by atoms with van der Waals surface area (Å²) >= 11 is 0. The maximum atomic E-state index is 13.8. The molecule has 0 unspecified atom stereocenters. The van der Waals surface area contributed by atoms with E-state index in [0.29, 0.717) is 38.8 Å². The van der Waals surface area contributed by atoms with Gasteiger partial charge in [0.05, 0.1) is 19.2 Å². The summed E-state index contributed by atoms with van der Waals surface area (Å²) in [4.78, 5) is 55.5.